The van der Waals surface area contributed by atoms with Gasteiger partial charge in [-0.3, -0.25) is 0 Å². The van der Waals surface area contributed by atoms with Gasteiger partial charge in [-0.25, -0.2) is 0 Å². The Labute approximate surface area is 108 Å². The van der Waals surface area contributed by atoms with Crippen LogP contribution in [0.5, 0.6) is 0 Å². The number of rotatable bonds is 6. The van der Waals surface area contributed by atoms with Crippen LogP contribution in [0, 0.1) is 0 Å². The molecule has 1 atom stereocenters. The van der Waals surface area contributed by atoms with Gasteiger partial charge in [0, 0.05) is 16.1 Å². The molecule has 0 spiro atoms. The van der Waals surface area contributed by atoms with Crippen molar-refractivity contribution in [2.75, 3.05) is 0 Å². The van der Waals surface area contributed by atoms with Crippen LogP contribution in [0.1, 0.15) is 50.6 Å². The van der Waals surface area contributed by atoms with Crippen LogP contribution in [-0.2, 0) is 0 Å². The fourth-order valence-electron chi connectivity index (χ4n) is 1.75. The maximum absolute atomic E-state index is 6.10. The highest BCUT2D eigenvalue weighted by Gasteiger charge is 2.10. The zero-order valence-electron chi connectivity index (χ0n) is 9.68. The molecular formula is C13H19Cl2N. The Balaban J connectivity index is 2.51. The number of unbranched alkanes of at least 4 members (excludes halogenated alkanes) is 3. The van der Waals surface area contributed by atoms with E-state index in [0.717, 1.165) is 18.4 Å². The van der Waals surface area contributed by atoms with Crippen LogP contribution in [0.25, 0.3) is 0 Å². The summed E-state index contributed by atoms with van der Waals surface area (Å²) in [6, 6.07) is 5.47. The molecule has 0 aromatic heterocycles. The summed E-state index contributed by atoms with van der Waals surface area (Å²) in [5, 5.41) is 1.41. The molecular weight excluding hydrogens is 241 g/mol. The lowest BCUT2D eigenvalue weighted by atomic mass is 10.0. The zero-order chi connectivity index (χ0) is 12.0. The molecule has 0 heterocycles. The van der Waals surface area contributed by atoms with Crippen molar-refractivity contribution in [2.24, 2.45) is 5.73 Å². The van der Waals surface area contributed by atoms with E-state index in [4.69, 9.17) is 28.9 Å². The third-order valence-corrected chi connectivity index (χ3v) is 3.31. The fourth-order valence-corrected chi connectivity index (χ4v) is 2.18. The van der Waals surface area contributed by atoms with Gasteiger partial charge in [-0.15, -0.1) is 0 Å². The molecule has 0 fully saturated rings. The first kappa shape index (κ1) is 13.8. The molecule has 0 aliphatic carbocycles. The Morgan fingerprint density at radius 1 is 1.19 bits per heavy atom. The smallest absolute Gasteiger partial charge is 0.0454 e. The van der Waals surface area contributed by atoms with Crippen LogP contribution in [-0.4, -0.2) is 0 Å². The van der Waals surface area contributed by atoms with Gasteiger partial charge in [-0.2, -0.15) is 0 Å². The van der Waals surface area contributed by atoms with Gasteiger partial charge >= 0.3 is 0 Å². The monoisotopic (exact) mass is 259 g/mol. The maximum atomic E-state index is 6.10. The van der Waals surface area contributed by atoms with Crippen LogP contribution < -0.4 is 5.73 Å². The predicted molar refractivity (Wildman–Crippen MR) is 72.1 cm³/mol. The Bertz CT molecular complexity index is 326. The Hall–Kier alpha value is -0.240. The molecule has 0 aliphatic heterocycles. The summed E-state index contributed by atoms with van der Waals surface area (Å²) < 4.78 is 0. The van der Waals surface area contributed by atoms with Gasteiger partial charge in [-0.05, 0) is 30.2 Å². The summed E-state index contributed by atoms with van der Waals surface area (Å²) in [6.45, 7) is 2.20. The van der Waals surface area contributed by atoms with Crippen LogP contribution in [0.3, 0.4) is 0 Å². The second-order valence-corrected chi connectivity index (χ2v) is 4.97. The molecule has 90 valence electrons. The van der Waals surface area contributed by atoms with Gasteiger partial charge < -0.3 is 5.73 Å². The van der Waals surface area contributed by atoms with Gasteiger partial charge in [0.05, 0.1) is 0 Å². The molecule has 1 rings (SSSR count). The Morgan fingerprint density at radius 2 is 1.94 bits per heavy atom. The van der Waals surface area contributed by atoms with E-state index in [1.165, 1.54) is 19.3 Å². The summed E-state index contributed by atoms with van der Waals surface area (Å²) >= 11 is 12.0. The third-order valence-electron chi connectivity index (χ3n) is 2.73. The SMILES string of the molecule is CCCCCCC(N)c1cc(Cl)ccc1Cl. The largest absolute Gasteiger partial charge is 0.324 e. The highest BCUT2D eigenvalue weighted by Crippen LogP contribution is 2.27. The van der Waals surface area contributed by atoms with Gasteiger partial charge in [0.25, 0.3) is 0 Å². The highest BCUT2D eigenvalue weighted by molar-refractivity contribution is 6.33. The lowest BCUT2D eigenvalue weighted by molar-refractivity contribution is 0.566. The van der Waals surface area contributed by atoms with E-state index in [0.29, 0.717) is 10.0 Å². The second kappa shape index (κ2) is 7.16. The molecule has 3 heteroatoms. The van der Waals surface area contributed by atoms with Crippen molar-refractivity contribution in [3.8, 4) is 0 Å². The Kier molecular flexibility index (Phi) is 6.18. The van der Waals surface area contributed by atoms with Gasteiger partial charge in [0.15, 0.2) is 0 Å². The van der Waals surface area contributed by atoms with Crippen LogP contribution in [0.15, 0.2) is 18.2 Å². The molecule has 0 saturated carbocycles. The second-order valence-electron chi connectivity index (χ2n) is 4.12. The average Bonchev–Trinajstić information content (AvgIpc) is 2.27. The van der Waals surface area contributed by atoms with E-state index in [-0.39, 0.29) is 6.04 Å². The zero-order valence-corrected chi connectivity index (χ0v) is 11.2. The fraction of sp³-hybridized carbons (Fsp3) is 0.538. The number of hydrogen-bond donors (Lipinski definition) is 1. The first-order chi connectivity index (χ1) is 7.65. The van der Waals surface area contributed by atoms with E-state index < -0.39 is 0 Å². The summed E-state index contributed by atoms with van der Waals surface area (Å²) in [5.41, 5.74) is 7.07. The van der Waals surface area contributed by atoms with Crippen molar-refractivity contribution in [3.05, 3.63) is 33.8 Å². The number of hydrogen-bond acceptors (Lipinski definition) is 1. The lowest BCUT2D eigenvalue weighted by Gasteiger charge is -2.13. The molecule has 1 aromatic carbocycles. The lowest BCUT2D eigenvalue weighted by Crippen LogP contribution is -2.10. The quantitative estimate of drug-likeness (QED) is 0.718. The van der Waals surface area contributed by atoms with Crippen LogP contribution >= 0.6 is 23.2 Å². The topological polar surface area (TPSA) is 26.0 Å². The van der Waals surface area contributed by atoms with E-state index in [2.05, 4.69) is 6.92 Å². The molecule has 1 unspecified atom stereocenters. The minimum atomic E-state index is 0.00283. The summed E-state index contributed by atoms with van der Waals surface area (Å²) in [7, 11) is 0. The van der Waals surface area contributed by atoms with Crippen molar-refractivity contribution < 1.29 is 0 Å². The minimum Gasteiger partial charge on any atom is -0.324 e. The van der Waals surface area contributed by atoms with Crippen molar-refractivity contribution >= 4 is 23.2 Å². The predicted octanol–water partition coefficient (Wildman–Crippen LogP) is 4.96. The first-order valence-corrected chi connectivity index (χ1v) is 6.61. The number of halogens is 2. The van der Waals surface area contributed by atoms with Gasteiger partial charge in [0.2, 0.25) is 0 Å². The highest BCUT2D eigenvalue weighted by atomic mass is 35.5. The Morgan fingerprint density at radius 3 is 2.62 bits per heavy atom. The van der Waals surface area contributed by atoms with Crippen molar-refractivity contribution in [2.45, 2.75) is 45.1 Å². The molecule has 1 aromatic rings. The molecule has 2 N–H and O–H groups in total. The van der Waals surface area contributed by atoms with Crippen molar-refractivity contribution in [1.29, 1.82) is 0 Å². The molecule has 0 bridgehead atoms. The summed E-state index contributed by atoms with van der Waals surface area (Å²) in [4.78, 5) is 0. The molecule has 0 saturated heterocycles. The maximum Gasteiger partial charge on any atom is 0.0454 e. The molecule has 0 amide bonds. The molecule has 0 radical (unpaired) electrons. The standard InChI is InChI=1S/C13H19Cl2N/c1-2-3-4-5-6-13(16)11-9-10(14)7-8-12(11)15/h7-9,13H,2-6,16H2,1H3. The van der Waals surface area contributed by atoms with E-state index in [1.54, 1.807) is 6.07 Å². The third kappa shape index (κ3) is 4.32. The van der Waals surface area contributed by atoms with E-state index in [9.17, 15) is 0 Å². The molecule has 16 heavy (non-hydrogen) atoms. The molecule has 1 nitrogen and oxygen atoms in total. The van der Waals surface area contributed by atoms with Crippen LogP contribution in [0.4, 0.5) is 0 Å². The van der Waals surface area contributed by atoms with E-state index >= 15 is 0 Å². The summed E-state index contributed by atoms with van der Waals surface area (Å²) in [5.74, 6) is 0. The first-order valence-electron chi connectivity index (χ1n) is 5.85. The summed E-state index contributed by atoms with van der Waals surface area (Å²) in [6.07, 6.45) is 5.88. The van der Waals surface area contributed by atoms with Gasteiger partial charge in [-0.1, -0.05) is 55.8 Å². The normalized spacial score (nSPS) is 12.8. The van der Waals surface area contributed by atoms with E-state index in [1.807, 2.05) is 12.1 Å². The van der Waals surface area contributed by atoms with Gasteiger partial charge in [0.1, 0.15) is 0 Å². The number of benzene rings is 1. The van der Waals surface area contributed by atoms with Crippen LogP contribution in [0.2, 0.25) is 10.0 Å². The number of nitrogens with two attached hydrogens (primary N) is 1. The van der Waals surface area contributed by atoms with Crippen molar-refractivity contribution in [1.82, 2.24) is 0 Å². The molecule has 0 aliphatic rings. The minimum absolute atomic E-state index is 0.00283. The average molecular weight is 260 g/mol. The van der Waals surface area contributed by atoms with Crippen molar-refractivity contribution in [3.63, 3.8) is 0 Å².